The van der Waals surface area contributed by atoms with Gasteiger partial charge < -0.3 is 4.74 Å². The molecule has 0 saturated carbocycles. The van der Waals surface area contributed by atoms with Crippen molar-refractivity contribution in [2.24, 2.45) is 0 Å². The van der Waals surface area contributed by atoms with E-state index < -0.39 is 0 Å². The van der Waals surface area contributed by atoms with Gasteiger partial charge in [-0.3, -0.25) is 0 Å². The molecule has 1 nitrogen and oxygen atoms in total. The molecular formula is C9H10ClFO. The lowest BCUT2D eigenvalue weighted by Crippen LogP contribution is -1.92. The van der Waals surface area contributed by atoms with Crippen LogP contribution in [0.15, 0.2) is 18.2 Å². The molecule has 0 amide bonds. The Morgan fingerprint density at radius 1 is 1.50 bits per heavy atom. The molecule has 3 heteroatoms. The molecule has 0 saturated heterocycles. The van der Waals surface area contributed by atoms with Crippen LogP contribution in [0.2, 0.25) is 0 Å². The molecule has 0 bridgehead atoms. The van der Waals surface area contributed by atoms with Crippen molar-refractivity contribution in [3.8, 4) is 5.75 Å². The summed E-state index contributed by atoms with van der Waals surface area (Å²) >= 11 is 5.72. The number of rotatable bonds is 2. The predicted octanol–water partition coefficient (Wildman–Crippen LogP) is 3.13. The van der Waals surface area contributed by atoms with Crippen LogP contribution < -0.4 is 4.74 Å². The van der Waals surface area contributed by atoms with Crippen LogP contribution in [0.4, 0.5) is 4.39 Å². The fourth-order valence-electron chi connectivity index (χ4n) is 0.957. The Hall–Kier alpha value is -0.760. The molecule has 0 N–H and O–H groups in total. The summed E-state index contributed by atoms with van der Waals surface area (Å²) in [6, 6.07) is 4.65. The van der Waals surface area contributed by atoms with Crippen LogP contribution in [-0.2, 0) is 0 Å². The van der Waals surface area contributed by atoms with Gasteiger partial charge >= 0.3 is 0 Å². The van der Waals surface area contributed by atoms with Gasteiger partial charge in [0.2, 0.25) is 0 Å². The first-order valence-corrected chi connectivity index (χ1v) is 4.06. The number of benzene rings is 1. The Kier molecular flexibility index (Phi) is 2.93. The van der Waals surface area contributed by atoms with Gasteiger partial charge in [-0.05, 0) is 13.0 Å². The first-order chi connectivity index (χ1) is 5.65. The zero-order chi connectivity index (χ0) is 9.14. The largest absolute Gasteiger partial charge is 0.497 e. The van der Waals surface area contributed by atoms with Gasteiger partial charge in [-0.15, -0.1) is 11.6 Å². The van der Waals surface area contributed by atoms with E-state index >= 15 is 0 Å². The fourth-order valence-corrected chi connectivity index (χ4v) is 1.13. The van der Waals surface area contributed by atoms with E-state index in [4.69, 9.17) is 16.3 Å². The van der Waals surface area contributed by atoms with E-state index in [1.54, 1.807) is 19.1 Å². The highest BCUT2D eigenvalue weighted by molar-refractivity contribution is 6.20. The average molecular weight is 189 g/mol. The predicted molar refractivity (Wildman–Crippen MR) is 47.2 cm³/mol. The normalized spacial score (nSPS) is 12.7. The monoisotopic (exact) mass is 188 g/mol. The molecule has 0 radical (unpaired) electrons. The van der Waals surface area contributed by atoms with Gasteiger partial charge in [-0.25, -0.2) is 4.39 Å². The SMILES string of the molecule is COc1ccc(C(C)Cl)c(F)c1. The van der Waals surface area contributed by atoms with E-state index in [-0.39, 0.29) is 11.2 Å². The van der Waals surface area contributed by atoms with Crippen LogP contribution in [0, 0.1) is 5.82 Å². The molecule has 0 aliphatic carbocycles. The van der Waals surface area contributed by atoms with Gasteiger partial charge in [0.25, 0.3) is 0 Å². The fraction of sp³-hybridized carbons (Fsp3) is 0.333. The van der Waals surface area contributed by atoms with E-state index in [1.165, 1.54) is 13.2 Å². The lowest BCUT2D eigenvalue weighted by Gasteiger charge is -2.06. The molecule has 0 heterocycles. The van der Waals surface area contributed by atoms with Crippen molar-refractivity contribution in [2.45, 2.75) is 12.3 Å². The van der Waals surface area contributed by atoms with Crippen molar-refractivity contribution in [3.05, 3.63) is 29.6 Å². The van der Waals surface area contributed by atoms with E-state index in [0.29, 0.717) is 11.3 Å². The third kappa shape index (κ3) is 1.89. The van der Waals surface area contributed by atoms with Gasteiger partial charge in [-0.2, -0.15) is 0 Å². The van der Waals surface area contributed by atoms with E-state index in [9.17, 15) is 4.39 Å². The minimum absolute atomic E-state index is 0.309. The van der Waals surface area contributed by atoms with Crippen molar-refractivity contribution in [3.63, 3.8) is 0 Å². The second-order valence-corrected chi connectivity index (χ2v) is 3.16. The molecule has 0 aliphatic heterocycles. The standard InChI is InChI=1S/C9H10ClFO/c1-6(10)8-4-3-7(12-2)5-9(8)11/h3-6H,1-2H3. The van der Waals surface area contributed by atoms with Crippen LogP contribution in [-0.4, -0.2) is 7.11 Å². The first-order valence-electron chi connectivity index (χ1n) is 3.62. The van der Waals surface area contributed by atoms with Crippen molar-refractivity contribution in [2.75, 3.05) is 7.11 Å². The molecule has 0 aromatic heterocycles. The molecule has 1 aromatic carbocycles. The lowest BCUT2D eigenvalue weighted by atomic mass is 10.1. The minimum atomic E-state index is -0.322. The number of hydrogen-bond donors (Lipinski definition) is 0. The van der Waals surface area contributed by atoms with Crippen LogP contribution in [0.3, 0.4) is 0 Å². The minimum Gasteiger partial charge on any atom is -0.497 e. The van der Waals surface area contributed by atoms with Gasteiger partial charge in [-0.1, -0.05) is 6.07 Å². The second kappa shape index (κ2) is 3.76. The third-order valence-electron chi connectivity index (χ3n) is 1.64. The number of ether oxygens (including phenoxy) is 1. The van der Waals surface area contributed by atoms with Crippen molar-refractivity contribution in [1.29, 1.82) is 0 Å². The molecule has 1 aromatic rings. The van der Waals surface area contributed by atoms with Gasteiger partial charge in [0.15, 0.2) is 0 Å². The summed E-state index contributed by atoms with van der Waals surface area (Å²) < 4.78 is 18.0. The highest BCUT2D eigenvalue weighted by atomic mass is 35.5. The van der Waals surface area contributed by atoms with E-state index in [1.807, 2.05) is 0 Å². The molecular weight excluding hydrogens is 179 g/mol. The van der Waals surface area contributed by atoms with Gasteiger partial charge in [0.1, 0.15) is 11.6 Å². The van der Waals surface area contributed by atoms with Crippen molar-refractivity contribution >= 4 is 11.6 Å². The highest BCUT2D eigenvalue weighted by Crippen LogP contribution is 2.25. The quantitative estimate of drug-likeness (QED) is 0.648. The van der Waals surface area contributed by atoms with Crippen LogP contribution in [0.1, 0.15) is 17.9 Å². The zero-order valence-corrected chi connectivity index (χ0v) is 7.73. The zero-order valence-electron chi connectivity index (χ0n) is 6.97. The maximum atomic E-state index is 13.1. The molecule has 0 fully saturated rings. The Morgan fingerprint density at radius 3 is 2.58 bits per heavy atom. The average Bonchev–Trinajstić information content (AvgIpc) is 2.03. The smallest absolute Gasteiger partial charge is 0.131 e. The second-order valence-electron chi connectivity index (χ2n) is 2.50. The maximum Gasteiger partial charge on any atom is 0.131 e. The number of methoxy groups -OCH3 is 1. The topological polar surface area (TPSA) is 9.23 Å². The van der Waals surface area contributed by atoms with Crippen LogP contribution in [0.5, 0.6) is 5.75 Å². The Balaban J connectivity index is 3.03. The third-order valence-corrected chi connectivity index (χ3v) is 1.87. The lowest BCUT2D eigenvalue weighted by molar-refractivity contribution is 0.410. The summed E-state index contributed by atoms with van der Waals surface area (Å²) in [4.78, 5) is 0. The van der Waals surface area contributed by atoms with Gasteiger partial charge in [0, 0.05) is 11.6 Å². The molecule has 12 heavy (non-hydrogen) atoms. The summed E-state index contributed by atoms with van der Waals surface area (Å²) in [7, 11) is 1.50. The van der Waals surface area contributed by atoms with Crippen molar-refractivity contribution in [1.82, 2.24) is 0 Å². The van der Waals surface area contributed by atoms with Gasteiger partial charge in [0.05, 0.1) is 12.5 Å². The molecule has 1 unspecified atom stereocenters. The van der Waals surface area contributed by atoms with Crippen LogP contribution in [0.25, 0.3) is 0 Å². The first kappa shape index (κ1) is 9.33. The molecule has 0 spiro atoms. The number of alkyl halides is 1. The number of halogens is 2. The molecule has 1 atom stereocenters. The Morgan fingerprint density at radius 2 is 2.17 bits per heavy atom. The molecule has 0 aliphatic rings. The number of hydrogen-bond acceptors (Lipinski definition) is 1. The summed E-state index contributed by atoms with van der Waals surface area (Å²) in [5.74, 6) is 0.186. The summed E-state index contributed by atoms with van der Waals surface area (Å²) in [6.07, 6.45) is 0. The van der Waals surface area contributed by atoms with E-state index in [2.05, 4.69) is 0 Å². The Labute approximate surface area is 76.1 Å². The Bertz CT molecular complexity index is 273. The summed E-state index contributed by atoms with van der Waals surface area (Å²) in [5, 5.41) is -0.309. The highest BCUT2D eigenvalue weighted by Gasteiger charge is 2.08. The maximum absolute atomic E-state index is 13.1. The summed E-state index contributed by atoms with van der Waals surface area (Å²) in [6.45, 7) is 1.73. The van der Waals surface area contributed by atoms with Crippen molar-refractivity contribution < 1.29 is 9.13 Å². The molecule has 1 rings (SSSR count). The van der Waals surface area contributed by atoms with Crippen LogP contribution >= 0.6 is 11.6 Å². The molecule has 66 valence electrons. The van der Waals surface area contributed by atoms with E-state index in [0.717, 1.165) is 0 Å². The summed E-state index contributed by atoms with van der Waals surface area (Å²) in [5.41, 5.74) is 0.498.